The van der Waals surface area contributed by atoms with Crippen LogP contribution in [-0.4, -0.2) is 58.4 Å². The van der Waals surface area contributed by atoms with E-state index in [1.54, 1.807) is 35.7 Å². The molecule has 1 atom stereocenters. The van der Waals surface area contributed by atoms with Crippen LogP contribution in [0.1, 0.15) is 12.3 Å². The Bertz CT molecular complexity index is 993. The molecule has 2 aromatic carbocycles. The molecule has 4 rings (SSSR count). The standard InChI is InChI=1S/C24H25N3O3S/c1-26(2)24(29)19-15-31-16-27(19)21(28)14-13-20-25-22(17-9-5-3-6-10-17)23(30-20)18-11-7-4-8-12-18/h3-12,19H,13-16H2,1-2H3. The number of aromatic nitrogens is 1. The van der Waals surface area contributed by atoms with Gasteiger partial charge in [-0.05, 0) is 0 Å². The van der Waals surface area contributed by atoms with Crippen molar-refractivity contribution in [3.05, 3.63) is 66.6 Å². The number of carbonyl (C=O) groups excluding carboxylic acids is 2. The van der Waals surface area contributed by atoms with Crippen LogP contribution in [0.3, 0.4) is 0 Å². The van der Waals surface area contributed by atoms with Gasteiger partial charge in [0, 0.05) is 43.8 Å². The van der Waals surface area contributed by atoms with E-state index in [-0.39, 0.29) is 18.2 Å². The molecule has 7 heteroatoms. The molecule has 0 spiro atoms. The Labute approximate surface area is 186 Å². The number of likely N-dealkylation sites (N-methyl/N-ethyl adjacent to an activating group) is 1. The molecule has 6 nitrogen and oxygen atoms in total. The maximum absolute atomic E-state index is 12.9. The highest BCUT2D eigenvalue weighted by molar-refractivity contribution is 7.99. The molecule has 1 fully saturated rings. The Hall–Kier alpha value is -3.06. The first-order valence-electron chi connectivity index (χ1n) is 10.2. The van der Waals surface area contributed by atoms with Gasteiger partial charge in [0.1, 0.15) is 11.7 Å². The van der Waals surface area contributed by atoms with Gasteiger partial charge in [0.05, 0.1) is 5.88 Å². The number of aryl methyl sites for hydroxylation is 1. The van der Waals surface area contributed by atoms with Crippen molar-refractivity contribution >= 4 is 23.6 Å². The lowest BCUT2D eigenvalue weighted by Gasteiger charge is -2.25. The molecule has 0 aliphatic carbocycles. The molecule has 2 amide bonds. The van der Waals surface area contributed by atoms with Crippen LogP contribution in [0, 0.1) is 0 Å². The lowest BCUT2D eigenvalue weighted by molar-refractivity contribution is -0.141. The summed E-state index contributed by atoms with van der Waals surface area (Å²) in [6, 6.07) is 19.4. The van der Waals surface area contributed by atoms with Gasteiger partial charge in [-0.3, -0.25) is 9.59 Å². The number of amides is 2. The van der Waals surface area contributed by atoms with Crippen molar-refractivity contribution in [2.45, 2.75) is 18.9 Å². The van der Waals surface area contributed by atoms with Crippen LogP contribution in [0.25, 0.3) is 22.6 Å². The molecule has 1 aromatic heterocycles. The highest BCUT2D eigenvalue weighted by Crippen LogP contribution is 2.33. The van der Waals surface area contributed by atoms with Gasteiger partial charge in [0.25, 0.3) is 0 Å². The van der Waals surface area contributed by atoms with E-state index in [4.69, 9.17) is 9.40 Å². The molecule has 1 unspecified atom stereocenters. The summed E-state index contributed by atoms with van der Waals surface area (Å²) >= 11 is 1.61. The lowest BCUT2D eigenvalue weighted by atomic mass is 10.1. The Morgan fingerprint density at radius 3 is 2.35 bits per heavy atom. The Morgan fingerprint density at radius 2 is 1.71 bits per heavy atom. The molecule has 0 saturated carbocycles. The van der Waals surface area contributed by atoms with E-state index in [2.05, 4.69) is 0 Å². The zero-order valence-corrected chi connectivity index (χ0v) is 18.5. The minimum atomic E-state index is -0.392. The van der Waals surface area contributed by atoms with Crippen LogP contribution in [0.5, 0.6) is 0 Å². The minimum Gasteiger partial charge on any atom is -0.440 e. The average molecular weight is 436 g/mol. The van der Waals surface area contributed by atoms with Gasteiger partial charge in [-0.2, -0.15) is 0 Å². The smallest absolute Gasteiger partial charge is 0.245 e. The van der Waals surface area contributed by atoms with E-state index in [0.29, 0.717) is 29.7 Å². The number of hydrogen-bond acceptors (Lipinski definition) is 5. The fraction of sp³-hybridized carbons (Fsp3) is 0.292. The molecule has 31 heavy (non-hydrogen) atoms. The minimum absolute atomic E-state index is 0.0350. The molecule has 1 aliphatic rings. The summed E-state index contributed by atoms with van der Waals surface area (Å²) in [5.74, 6) is 2.32. The zero-order valence-electron chi connectivity index (χ0n) is 17.7. The molecule has 1 aliphatic heterocycles. The Kier molecular flexibility index (Phi) is 6.42. The molecule has 1 saturated heterocycles. The van der Waals surface area contributed by atoms with Crippen LogP contribution in [0.2, 0.25) is 0 Å². The van der Waals surface area contributed by atoms with Gasteiger partial charge in [-0.15, -0.1) is 11.8 Å². The molecule has 0 radical (unpaired) electrons. The summed E-state index contributed by atoms with van der Waals surface area (Å²) < 4.78 is 6.12. The maximum atomic E-state index is 12.9. The van der Waals surface area contributed by atoms with Gasteiger partial charge in [-0.1, -0.05) is 60.7 Å². The highest BCUT2D eigenvalue weighted by Gasteiger charge is 2.35. The Morgan fingerprint density at radius 1 is 1.06 bits per heavy atom. The van der Waals surface area contributed by atoms with Crippen molar-refractivity contribution in [2.75, 3.05) is 25.7 Å². The summed E-state index contributed by atoms with van der Waals surface area (Å²) in [5.41, 5.74) is 2.68. The quantitative estimate of drug-likeness (QED) is 0.587. The molecule has 0 N–H and O–H groups in total. The number of carbonyl (C=O) groups is 2. The molecule has 2 heterocycles. The fourth-order valence-corrected chi connectivity index (χ4v) is 4.77. The van der Waals surface area contributed by atoms with Crippen LogP contribution < -0.4 is 0 Å². The van der Waals surface area contributed by atoms with Crippen LogP contribution in [-0.2, 0) is 16.0 Å². The number of thioether (sulfide) groups is 1. The van der Waals surface area contributed by atoms with Crippen molar-refractivity contribution in [3.63, 3.8) is 0 Å². The predicted molar refractivity (Wildman–Crippen MR) is 122 cm³/mol. The van der Waals surface area contributed by atoms with E-state index in [1.807, 2.05) is 60.7 Å². The number of rotatable bonds is 6. The predicted octanol–water partition coefficient (Wildman–Crippen LogP) is 3.93. The van der Waals surface area contributed by atoms with Crippen LogP contribution in [0.15, 0.2) is 65.1 Å². The summed E-state index contributed by atoms with van der Waals surface area (Å²) in [7, 11) is 3.44. The van der Waals surface area contributed by atoms with Crippen LogP contribution in [0.4, 0.5) is 0 Å². The van der Waals surface area contributed by atoms with Crippen molar-refractivity contribution in [2.24, 2.45) is 0 Å². The summed E-state index contributed by atoms with van der Waals surface area (Å²) in [4.78, 5) is 33.2. The third kappa shape index (κ3) is 4.66. The van der Waals surface area contributed by atoms with Crippen LogP contribution >= 0.6 is 11.8 Å². The Balaban J connectivity index is 1.53. The van der Waals surface area contributed by atoms with E-state index >= 15 is 0 Å². The first-order chi connectivity index (χ1) is 15.0. The second-order valence-corrected chi connectivity index (χ2v) is 8.63. The van der Waals surface area contributed by atoms with Crippen molar-refractivity contribution in [1.82, 2.24) is 14.8 Å². The second kappa shape index (κ2) is 9.39. The normalized spacial score (nSPS) is 15.8. The van der Waals surface area contributed by atoms with E-state index in [9.17, 15) is 9.59 Å². The number of benzene rings is 2. The first kappa shape index (κ1) is 21.2. The van der Waals surface area contributed by atoms with Gasteiger partial charge >= 0.3 is 0 Å². The highest BCUT2D eigenvalue weighted by atomic mass is 32.2. The fourth-order valence-electron chi connectivity index (χ4n) is 3.60. The van der Waals surface area contributed by atoms with E-state index in [1.165, 1.54) is 0 Å². The molecular formula is C24H25N3O3S. The van der Waals surface area contributed by atoms with E-state index in [0.717, 1.165) is 16.8 Å². The third-order valence-corrected chi connectivity index (χ3v) is 6.25. The monoisotopic (exact) mass is 435 g/mol. The lowest BCUT2D eigenvalue weighted by Crippen LogP contribution is -2.46. The molecule has 0 bridgehead atoms. The van der Waals surface area contributed by atoms with Gasteiger partial charge in [0.2, 0.25) is 11.8 Å². The zero-order chi connectivity index (χ0) is 21.8. The summed E-state index contributed by atoms with van der Waals surface area (Å²) in [5, 5.41) is 0. The van der Waals surface area contributed by atoms with Gasteiger partial charge in [0.15, 0.2) is 11.7 Å². The van der Waals surface area contributed by atoms with Crippen molar-refractivity contribution in [1.29, 1.82) is 0 Å². The SMILES string of the molecule is CN(C)C(=O)C1CSCN1C(=O)CCc1nc(-c2ccccc2)c(-c2ccccc2)o1. The second-order valence-electron chi connectivity index (χ2n) is 7.63. The number of nitrogens with zero attached hydrogens (tertiary/aromatic N) is 3. The molecule has 160 valence electrons. The average Bonchev–Trinajstić information content (AvgIpc) is 3.46. The van der Waals surface area contributed by atoms with Gasteiger partial charge < -0.3 is 14.2 Å². The molecule has 3 aromatic rings. The topological polar surface area (TPSA) is 66.7 Å². The van der Waals surface area contributed by atoms with Crippen molar-refractivity contribution in [3.8, 4) is 22.6 Å². The number of oxazole rings is 1. The van der Waals surface area contributed by atoms with Crippen molar-refractivity contribution < 1.29 is 14.0 Å². The summed E-state index contributed by atoms with van der Waals surface area (Å²) in [6.45, 7) is 0. The summed E-state index contributed by atoms with van der Waals surface area (Å²) in [6.07, 6.45) is 0.635. The third-order valence-electron chi connectivity index (χ3n) is 5.24. The largest absolute Gasteiger partial charge is 0.440 e. The first-order valence-corrected chi connectivity index (χ1v) is 11.4. The van der Waals surface area contributed by atoms with Gasteiger partial charge in [-0.25, -0.2) is 4.98 Å². The van der Waals surface area contributed by atoms with E-state index < -0.39 is 6.04 Å². The number of hydrogen-bond donors (Lipinski definition) is 0. The maximum Gasteiger partial charge on any atom is 0.245 e. The molecular weight excluding hydrogens is 410 g/mol.